The van der Waals surface area contributed by atoms with E-state index in [1.54, 1.807) is 7.11 Å². The Morgan fingerprint density at radius 2 is 2.24 bits per heavy atom. The molecule has 1 aliphatic carbocycles. The first-order chi connectivity index (χ1) is 10.2. The van der Waals surface area contributed by atoms with Crippen LogP contribution >= 0.6 is 11.6 Å². The Bertz CT molecular complexity index is 625. The van der Waals surface area contributed by atoms with Crippen LogP contribution in [-0.2, 0) is 11.3 Å². The highest BCUT2D eigenvalue weighted by Crippen LogP contribution is 2.29. The van der Waals surface area contributed by atoms with Crippen molar-refractivity contribution >= 4 is 22.8 Å². The Balaban J connectivity index is 1.84. The first kappa shape index (κ1) is 14.5. The molecule has 2 aromatic rings. The van der Waals surface area contributed by atoms with Crippen LogP contribution in [0.4, 0.5) is 0 Å². The van der Waals surface area contributed by atoms with E-state index < -0.39 is 0 Å². The lowest BCUT2D eigenvalue weighted by Gasteiger charge is -2.10. The van der Waals surface area contributed by atoms with Crippen LogP contribution in [0.5, 0.6) is 5.88 Å². The van der Waals surface area contributed by atoms with Crippen LogP contribution < -0.4 is 4.74 Å². The molecule has 6 nitrogen and oxygen atoms in total. The minimum absolute atomic E-state index is 0.215. The molecule has 0 saturated heterocycles. The molecule has 1 saturated carbocycles. The predicted octanol–water partition coefficient (Wildman–Crippen LogP) is 2.56. The predicted molar refractivity (Wildman–Crippen MR) is 79.7 cm³/mol. The molecule has 0 spiro atoms. The third kappa shape index (κ3) is 3.11. The largest absolute Gasteiger partial charge is 0.479 e. The third-order valence-corrected chi connectivity index (χ3v) is 3.78. The number of ether oxygens (including phenoxy) is 2. The minimum atomic E-state index is -0.215. The van der Waals surface area contributed by atoms with Gasteiger partial charge in [-0.25, -0.2) is 9.97 Å². The molecular weight excluding hydrogens is 292 g/mol. The lowest BCUT2D eigenvalue weighted by molar-refractivity contribution is 0.117. The second-order valence-electron chi connectivity index (χ2n) is 5.31. The van der Waals surface area contributed by atoms with Gasteiger partial charge in [0.2, 0.25) is 5.88 Å². The van der Waals surface area contributed by atoms with Gasteiger partial charge in [-0.3, -0.25) is 0 Å². The first-order valence-corrected chi connectivity index (χ1v) is 7.61. The Hall–Kier alpha value is -1.40. The van der Waals surface area contributed by atoms with Crippen molar-refractivity contribution in [1.29, 1.82) is 0 Å². The standard InChI is InChI=1S/C14H19ClN4O2/c1-9(15)12-18-11-13(16-8-17-14(11)20-2)19(12)5-6-21-7-10-3-4-10/h8-10H,3-7H2,1-2H3. The fourth-order valence-electron chi connectivity index (χ4n) is 2.30. The van der Waals surface area contributed by atoms with Crippen LogP contribution in [0.15, 0.2) is 6.33 Å². The Labute approximate surface area is 128 Å². The van der Waals surface area contributed by atoms with Gasteiger partial charge in [-0.2, -0.15) is 4.98 Å². The summed E-state index contributed by atoms with van der Waals surface area (Å²) in [4.78, 5) is 12.9. The maximum Gasteiger partial charge on any atom is 0.245 e. The zero-order valence-electron chi connectivity index (χ0n) is 12.3. The van der Waals surface area contributed by atoms with Gasteiger partial charge in [0, 0.05) is 13.2 Å². The van der Waals surface area contributed by atoms with Crippen molar-refractivity contribution < 1.29 is 9.47 Å². The van der Waals surface area contributed by atoms with Crippen LogP contribution in [0.25, 0.3) is 11.2 Å². The molecule has 1 atom stereocenters. The number of hydrogen-bond acceptors (Lipinski definition) is 5. The normalized spacial score (nSPS) is 16.3. The second-order valence-corrected chi connectivity index (χ2v) is 5.97. The Morgan fingerprint density at radius 1 is 1.43 bits per heavy atom. The molecule has 1 unspecified atom stereocenters. The van der Waals surface area contributed by atoms with Gasteiger partial charge >= 0.3 is 0 Å². The fraction of sp³-hybridized carbons (Fsp3) is 0.643. The van der Waals surface area contributed by atoms with Crippen LogP contribution in [0.1, 0.15) is 31.0 Å². The summed E-state index contributed by atoms with van der Waals surface area (Å²) in [5.41, 5.74) is 1.38. The highest BCUT2D eigenvalue weighted by atomic mass is 35.5. The smallest absolute Gasteiger partial charge is 0.245 e. The number of alkyl halides is 1. The molecule has 21 heavy (non-hydrogen) atoms. The second kappa shape index (κ2) is 6.15. The Kier molecular flexibility index (Phi) is 4.26. The van der Waals surface area contributed by atoms with E-state index in [0.717, 1.165) is 24.0 Å². The van der Waals surface area contributed by atoms with Crippen molar-refractivity contribution in [2.45, 2.75) is 31.7 Å². The molecule has 0 radical (unpaired) electrons. The molecule has 2 heterocycles. The van der Waals surface area contributed by atoms with Gasteiger partial charge in [0.15, 0.2) is 11.2 Å². The van der Waals surface area contributed by atoms with Crippen LogP contribution in [-0.4, -0.2) is 39.8 Å². The number of imidazole rings is 1. The minimum Gasteiger partial charge on any atom is -0.479 e. The summed E-state index contributed by atoms with van der Waals surface area (Å²) in [6.45, 7) is 4.04. The van der Waals surface area contributed by atoms with Crippen molar-refractivity contribution in [2.75, 3.05) is 20.3 Å². The molecule has 1 aliphatic rings. The van der Waals surface area contributed by atoms with Crippen LogP contribution in [0.3, 0.4) is 0 Å². The number of nitrogens with zero attached hydrogens (tertiary/aromatic N) is 4. The molecule has 0 N–H and O–H groups in total. The summed E-state index contributed by atoms with van der Waals surface area (Å²) < 4.78 is 12.9. The first-order valence-electron chi connectivity index (χ1n) is 7.17. The lowest BCUT2D eigenvalue weighted by Crippen LogP contribution is -2.11. The lowest BCUT2D eigenvalue weighted by atomic mass is 10.4. The van der Waals surface area contributed by atoms with E-state index >= 15 is 0 Å². The van der Waals surface area contributed by atoms with Crippen LogP contribution in [0, 0.1) is 5.92 Å². The highest BCUT2D eigenvalue weighted by Gasteiger charge is 2.22. The van der Waals surface area contributed by atoms with Gasteiger partial charge in [0.25, 0.3) is 0 Å². The molecule has 114 valence electrons. The quantitative estimate of drug-likeness (QED) is 0.581. The highest BCUT2D eigenvalue weighted by molar-refractivity contribution is 6.20. The topological polar surface area (TPSA) is 62.1 Å². The SMILES string of the molecule is COc1ncnc2c1nc(C(C)Cl)n2CCOCC1CC1. The van der Waals surface area contributed by atoms with E-state index in [1.807, 2.05) is 11.5 Å². The summed E-state index contributed by atoms with van der Waals surface area (Å²) in [7, 11) is 1.57. The van der Waals surface area contributed by atoms with Gasteiger partial charge in [-0.1, -0.05) is 0 Å². The van der Waals surface area contributed by atoms with E-state index in [9.17, 15) is 0 Å². The van der Waals surface area contributed by atoms with Gasteiger partial charge < -0.3 is 14.0 Å². The third-order valence-electron chi connectivity index (χ3n) is 3.59. The summed E-state index contributed by atoms with van der Waals surface area (Å²) in [6.07, 6.45) is 4.07. The maximum atomic E-state index is 6.24. The van der Waals surface area contributed by atoms with Crippen molar-refractivity contribution in [3.8, 4) is 5.88 Å². The van der Waals surface area contributed by atoms with Crippen molar-refractivity contribution in [3.05, 3.63) is 12.2 Å². The summed E-state index contributed by atoms with van der Waals surface area (Å²) >= 11 is 6.24. The van der Waals surface area contributed by atoms with E-state index in [0.29, 0.717) is 24.5 Å². The average molecular weight is 311 g/mol. The molecule has 0 aliphatic heterocycles. The fourth-order valence-corrected chi connectivity index (χ4v) is 2.46. The monoisotopic (exact) mass is 310 g/mol. The molecule has 7 heteroatoms. The molecule has 0 amide bonds. The number of fused-ring (bicyclic) bond motifs is 1. The van der Waals surface area contributed by atoms with E-state index in [2.05, 4.69) is 15.0 Å². The number of aromatic nitrogens is 4. The molecule has 3 rings (SSSR count). The van der Waals surface area contributed by atoms with E-state index in [-0.39, 0.29) is 5.38 Å². The number of rotatable bonds is 7. The summed E-state index contributed by atoms with van der Waals surface area (Å²) in [5.74, 6) is 2.00. The number of methoxy groups -OCH3 is 1. The summed E-state index contributed by atoms with van der Waals surface area (Å²) in [6, 6.07) is 0. The molecular formula is C14H19ClN4O2. The molecule has 2 aromatic heterocycles. The molecule has 1 fully saturated rings. The molecule has 0 bridgehead atoms. The van der Waals surface area contributed by atoms with Crippen molar-refractivity contribution in [1.82, 2.24) is 19.5 Å². The maximum absolute atomic E-state index is 6.24. The van der Waals surface area contributed by atoms with Gasteiger partial charge in [-0.05, 0) is 25.7 Å². The Morgan fingerprint density at radius 3 is 2.90 bits per heavy atom. The number of halogens is 1. The summed E-state index contributed by atoms with van der Waals surface area (Å²) in [5, 5.41) is -0.215. The molecule has 0 aromatic carbocycles. The van der Waals surface area contributed by atoms with Crippen LogP contribution in [0.2, 0.25) is 0 Å². The van der Waals surface area contributed by atoms with E-state index in [4.69, 9.17) is 21.1 Å². The van der Waals surface area contributed by atoms with Gasteiger partial charge in [0.05, 0.1) is 19.1 Å². The number of hydrogen-bond donors (Lipinski definition) is 0. The zero-order valence-corrected chi connectivity index (χ0v) is 13.0. The van der Waals surface area contributed by atoms with E-state index in [1.165, 1.54) is 19.2 Å². The van der Waals surface area contributed by atoms with Gasteiger partial charge in [-0.15, -0.1) is 11.6 Å². The zero-order chi connectivity index (χ0) is 14.8. The van der Waals surface area contributed by atoms with Crippen molar-refractivity contribution in [3.63, 3.8) is 0 Å². The average Bonchev–Trinajstić information content (AvgIpc) is 3.22. The van der Waals surface area contributed by atoms with Gasteiger partial charge in [0.1, 0.15) is 12.2 Å². The van der Waals surface area contributed by atoms with Crippen molar-refractivity contribution in [2.24, 2.45) is 5.92 Å².